The van der Waals surface area contributed by atoms with Crippen LogP contribution in [0.2, 0.25) is 10.0 Å². The second-order valence-electron chi connectivity index (χ2n) is 5.04. The molecule has 0 aliphatic heterocycles. The summed E-state index contributed by atoms with van der Waals surface area (Å²) in [6.07, 6.45) is 0. The van der Waals surface area contributed by atoms with Crippen LogP contribution in [0.3, 0.4) is 0 Å². The van der Waals surface area contributed by atoms with Gasteiger partial charge in [-0.05, 0) is 60.8 Å². The number of aryl methyl sites for hydroxylation is 2. The Hall–Kier alpha value is -1.02. The maximum Gasteiger partial charge on any atom is 0.0577 e. The Bertz CT molecular complexity index is 588. The number of rotatable bonds is 4. The molecule has 20 heavy (non-hydrogen) atoms. The fourth-order valence-corrected chi connectivity index (χ4v) is 2.86. The van der Waals surface area contributed by atoms with Gasteiger partial charge in [0.1, 0.15) is 0 Å². The molecule has 0 saturated carbocycles. The summed E-state index contributed by atoms with van der Waals surface area (Å²) >= 11 is 12.3. The SMILES string of the molecule is CCNC(c1cc(Cl)cc(Cl)c1)c1ccc(C)c(C)c1. The summed E-state index contributed by atoms with van der Waals surface area (Å²) in [6.45, 7) is 7.23. The molecule has 0 aliphatic rings. The first-order chi connectivity index (χ1) is 9.51. The van der Waals surface area contributed by atoms with E-state index in [-0.39, 0.29) is 6.04 Å². The number of nitrogens with one attached hydrogen (secondary N) is 1. The Kier molecular flexibility index (Phi) is 5.09. The summed E-state index contributed by atoms with van der Waals surface area (Å²) in [5.74, 6) is 0. The zero-order valence-electron chi connectivity index (χ0n) is 12.0. The number of hydrogen-bond acceptors (Lipinski definition) is 1. The minimum atomic E-state index is 0.107. The Balaban J connectivity index is 2.46. The molecule has 0 radical (unpaired) electrons. The van der Waals surface area contributed by atoms with Crippen molar-refractivity contribution in [3.05, 3.63) is 68.7 Å². The summed E-state index contributed by atoms with van der Waals surface area (Å²) in [4.78, 5) is 0. The highest BCUT2D eigenvalue weighted by Gasteiger charge is 2.14. The lowest BCUT2D eigenvalue weighted by atomic mass is 9.95. The van der Waals surface area contributed by atoms with E-state index in [4.69, 9.17) is 23.2 Å². The van der Waals surface area contributed by atoms with Gasteiger partial charge >= 0.3 is 0 Å². The largest absolute Gasteiger partial charge is 0.307 e. The van der Waals surface area contributed by atoms with Crippen molar-refractivity contribution in [3.63, 3.8) is 0 Å². The predicted molar refractivity (Wildman–Crippen MR) is 87.9 cm³/mol. The summed E-state index contributed by atoms with van der Waals surface area (Å²) in [5, 5.41) is 4.83. The standard InChI is InChI=1S/C17H19Cl2N/c1-4-20-17(13-6-5-11(2)12(3)7-13)14-8-15(18)10-16(19)9-14/h5-10,17,20H,4H2,1-3H3. The second kappa shape index (κ2) is 6.62. The van der Waals surface area contributed by atoms with Crippen LogP contribution in [0.5, 0.6) is 0 Å². The number of hydrogen-bond donors (Lipinski definition) is 1. The average molecular weight is 308 g/mol. The van der Waals surface area contributed by atoms with Crippen molar-refractivity contribution in [2.75, 3.05) is 6.54 Å². The van der Waals surface area contributed by atoms with Crippen molar-refractivity contribution in [1.82, 2.24) is 5.32 Å². The van der Waals surface area contributed by atoms with Crippen molar-refractivity contribution in [1.29, 1.82) is 0 Å². The van der Waals surface area contributed by atoms with E-state index in [9.17, 15) is 0 Å². The van der Waals surface area contributed by atoms with E-state index < -0.39 is 0 Å². The minimum Gasteiger partial charge on any atom is -0.307 e. The van der Waals surface area contributed by atoms with E-state index >= 15 is 0 Å². The maximum atomic E-state index is 6.13. The van der Waals surface area contributed by atoms with Crippen LogP contribution < -0.4 is 5.32 Å². The minimum absolute atomic E-state index is 0.107. The lowest BCUT2D eigenvalue weighted by Gasteiger charge is -2.20. The van der Waals surface area contributed by atoms with E-state index in [1.807, 2.05) is 12.1 Å². The van der Waals surface area contributed by atoms with Crippen LogP contribution in [0.4, 0.5) is 0 Å². The smallest absolute Gasteiger partial charge is 0.0577 e. The van der Waals surface area contributed by atoms with Crippen LogP contribution in [0.15, 0.2) is 36.4 Å². The topological polar surface area (TPSA) is 12.0 Å². The molecule has 0 aliphatic carbocycles. The van der Waals surface area contributed by atoms with Crippen molar-refractivity contribution in [2.24, 2.45) is 0 Å². The van der Waals surface area contributed by atoms with Crippen LogP contribution in [0.25, 0.3) is 0 Å². The first-order valence-corrected chi connectivity index (χ1v) is 7.53. The zero-order valence-corrected chi connectivity index (χ0v) is 13.5. The van der Waals surface area contributed by atoms with Gasteiger partial charge in [0.25, 0.3) is 0 Å². The molecule has 1 atom stereocenters. The molecule has 0 aromatic heterocycles. The molecule has 2 rings (SSSR count). The van der Waals surface area contributed by atoms with Crippen molar-refractivity contribution in [2.45, 2.75) is 26.8 Å². The Morgan fingerprint density at radius 1 is 0.900 bits per heavy atom. The molecule has 0 heterocycles. The van der Waals surface area contributed by atoms with Gasteiger partial charge in [-0.1, -0.05) is 48.3 Å². The van der Waals surface area contributed by atoms with Gasteiger partial charge in [0, 0.05) is 10.0 Å². The molecule has 2 aromatic rings. The van der Waals surface area contributed by atoms with E-state index in [0.29, 0.717) is 10.0 Å². The van der Waals surface area contributed by atoms with Crippen LogP contribution in [-0.4, -0.2) is 6.54 Å². The molecule has 106 valence electrons. The van der Waals surface area contributed by atoms with Gasteiger partial charge in [0.05, 0.1) is 6.04 Å². The van der Waals surface area contributed by atoms with E-state index in [1.54, 1.807) is 6.07 Å². The molecule has 0 amide bonds. The molecule has 0 fully saturated rings. The lowest BCUT2D eigenvalue weighted by Crippen LogP contribution is -2.22. The van der Waals surface area contributed by atoms with Crippen molar-refractivity contribution in [3.8, 4) is 0 Å². The van der Waals surface area contributed by atoms with E-state index in [0.717, 1.165) is 12.1 Å². The van der Waals surface area contributed by atoms with Gasteiger partial charge in [-0.15, -0.1) is 0 Å². The van der Waals surface area contributed by atoms with Gasteiger partial charge < -0.3 is 5.32 Å². The molecule has 0 saturated heterocycles. The molecule has 1 nitrogen and oxygen atoms in total. The van der Waals surface area contributed by atoms with Crippen LogP contribution in [0, 0.1) is 13.8 Å². The maximum absolute atomic E-state index is 6.13. The summed E-state index contributed by atoms with van der Waals surface area (Å²) in [7, 11) is 0. The van der Waals surface area contributed by atoms with Gasteiger partial charge in [0.15, 0.2) is 0 Å². The second-order valence-corrected chi connectivity index (χ2v) is 5.91. The quantitative estimate of drug-likeness (QED) is 0.807. The summed E-state index contributed by atoms with van der Waals surface area (Å²) in [6, 6.07) is 12.3. The molecule has 3 heteroatoms. The van der Waals surface area contributed by atoms with Gasteiger partial charge in [0.2, 0.25) is 0 Å². The third kappa shape index (κ3) is 3.54. The van der Waals surface area contributed by atoms with Gasteiger partial charge in [-0.2, -0.15) is 0 Å². The molecule has 1 N–H and O–H groups in total. The molecule has 2 aromatic carbocycles. The molecule has 1 unspecified atom stereocenters. The lowest BCUT2D eigenvalue weighted by molar-refractivity contribution is 0.630. The fourth-order valence-electron chi connectivity index (χ4n) is 2.32. The van der Waals surface area contributed by atoms with E-state index in [1.165, 1.54) is 16.7 Å². The highest BCUT2D eigenvalue weighted by atomic mass is 35.5. The summed E-state index contributed by atoms with van der Waals surface area (Å²) < 4.78 is 0. The van der Waals surface area contributed by atoms with E-state index in [2.05, 4.69) is 44.3 Å². The Labute approximate surface area is 130 Å². The van der Waals surface area contributed by atoms with Crippen molar-refractivity contribution < 1.29 is 0 Å². The first kappa shape index (κ1) is 15.4. The fraction of sp³-hybridized carbons (Fsp3) is 0.294. The highest BCUT2D eigenvalue weighted by molar-refractivity contribution is 6.34. The number of benzene rings is 2. The van der Waals surface area contributed by atoms with Gasteiger partial charge in [-0.25, -0.2) is 0 Å². The predicted octanol–water partition coefficient (Wildman–Crippen LogP) is 5.31. The molecule has 0 bridgehead atoms. The monoisotopic (exact) mass is 307 g/mol. The zero-order chi connectivity index (χ0) is 14.7. The normalized spacial score (nSPS) is 12.4. The van der Waals surface area contributed by atoms with Crippen LogP contribution in [-0.2, 0) is 0 Å². The summed E-state index contributed by atoms with van der Waals surface area (Å²) in [5.41, 5.74) is 4.91. The molecular weight excluding hydrogens is 289 g/mol. The Morgan fingerprint density at radius 3 is 2.10 bits per heavy atom. The Morgan fingerprint density at radius 2 is 1.55 bits per heavy atom. The number of halogens is 2. The third-order valence-corrected chi connectivity index (χ3v) is 3.93. The van der Waals surface area contributed by atoms with Crippen LogP contribution >= 0.6 is 23.2 Å². The molecular formula is C17H19Cl2N. The van der Waals surface area contributed by atoms with Crippen molar-refractivity contribution >= 4 is 23.2 Å². The third-order valence-electron chi connectivity index (χ3n) is 3.49. The highest BCUT2D eigenvalue weighted by Crippen LogP contribution is 2.28. The molecule has 0 spiro atoms. The van der Waals surface area contributed by atoms with Gasteiger partial charge in [-0.3, -0.25) is 0 Å². The van der Waals surface area contributed by atoms with Crippen LogP contribution in [0.1, 0.15) is 35.2 Å². The average Bonchev–Trinajstić information content (AvgIpc) is 2.38. The first-order valence-electron chi connectivity index (χ1n) is 6.77.